The monoisotopic (exact) mass is 265 g/mol. The van der Waals surface area contributed by atoms with Crippen LogP contribution in [0, 0.1) is 0 Å². The molecule has 0 atom stereocenters. The lowest BCUT2D eigenvalue weighted by Crippen LogP contribution is -1.87. The van der Waals surface area contributed by atoms with E-state index in [0.717, 1.165) is 11.1 Å². The molecule has 1 nitrogen and oxygen atoms in total. The van der Waals surface area contributed by atoms with Crippen molar-refractivity contribution < 1.29 is 0 Å². The summed E-state index contributed by atoms with van der Waals surface area (Å²) in [7, 11) is 0. The molecule has 0 aliphatic carbocycles. The molecular weight excluding hydrogens is 254 g/mol. The van der Waals surface area contributed by atoms with Crippen molar-refractivity contribution in [3.05, 3.63) is 16.1 Å². The molecule has 0 bridgehead atoms. The minimum absolute atomic E-state index is 0.696. The van der Waals surface area contributed by atoms with Gasteiger partial charge in [-0.2, -0.15) is 11.8 Å². The van der Waals surface area contributed by atoms with E-state index in [1.807, 2.05) is 18.0 Å². The van der Waals surface area contributed by atoms with Crippen molar-refractivity contribution in [2.75, 3.05) is 0 Å². The molecule has 0 aliphatic heterocycles. The summed E-state index contributed by atoms with van der Waals surface area (Å²) in [4.78, 5) is 5.64. The Morgan fingerprint density at radius 3 is 2.92 bits per heavy atom. The Morgan fingerprint density at radius 1 is 1.67 bits per heavy atom. The highest BCUT2D eigenvalue weighted by atomic mass is 79.9. The highest BCUT2D eigenvalue weighted by Gasteiger charge is 2.01. The average Bonchev–Trinajstić information content (AvgIpc) is 2.48. The van der Waals surface area contributed by atoms with E-state index < -0.39 is 0 Å². The molecule has 0 radical (unpaired) electrons. The van der Waals surface area contributed by atoms with Gasteiger partial charge in [-0.25, -0.2) is 4.98 Å². The highest BCUT2D eigenvalue weighted by Crippen LogP contribution is 2.22. The summed E-state index contributed by atoms with van der Waals surface area (Å²) in [5.74, 6) is 1.05. The van der Waals surface area contributed by atoms with Crippen LogP contribution in [-0.2, 0) is 11.1 Å². The third kappa shape index (κ3) is 3.46. The Kier molecular flexibility index (Phi) is 4.61. The summed E-state index contributed by atoms with van der Waals surface area (Å²) in [6, 6.07) is 0. The first kappa shape index (κ1) is 10.5. The lowest BCUT2D eigenvalue weighted by atomic mass is 10.6. The maximum absolute atomic E-state index is 4.33. The molecule has 0 N–H and O–H groups in total. The second-order valence-corrected chi connectivity index (χ2v) is 6.04. The number of rotatable bonds is 4. The number of halogens is 1. The van der Waals surface area contributed by atoms with Gasteiger partial charge >= 0.3 is 0 Å². The molecule has 0 spiro atoms. The SMILES string of the molecule is CC(C)SCc1ncc(CBr)s1. The summed E-state index contributed by atoms with van der Waals surface area (Å²) in [5.41, 5.74) is 0. The van der Waals surface area contributed by atoms with E-state index in [2.05, 4.69) is 34.8 Å². The standard InChI is InChI=1S/C8H12BrNS2/c1-6(2)11-5-8-10-4-7(3-9)12-8/h4,6H,3,5H2,1-2H3. The number of hydrogen-bond donors (Lipinski definition) is 0. The van der Waals surface area contributed by atoms with E-state index >= 15 is 0 Å². The van der Waals surface area contributed by atoms with Crippen molar-refractivity contribution in [3.8, 4) is 0 Å². The number of hydrogen-bond acceptors (Lipinski definition) is 3. The molecule has 0 saturated carbocycles. The quantitative estimate of drug-likeness (QED) is 0.771. The van der Waals surface area contributed by atoms with Gasteiger partial charge in [-0.15, -0.1) is 11.3 Å². The van der Waals surface area contributed by atoms with Gasteiger partial charge in [0.15, 0.2) is 0 Å². The number of aromatic nitrogens is 1. The molecule has 1 rings (SSSR count). The zero-order valence-electron chi connectivity index (χ0n) is 7.21. The van der Waals surface area contributed by atoms with Crippen LogP contribution in [0.2, 0.25) is 0 Å². The normalized spacial score (nSPS) is 11.0. The van der Waals surface area contributed by atoms with Crippen LogP contribution in [0.5, 0.6) is 0 Å². The van der Waals surface area contributed by atoms with Crippen LogP contribution in [0.4, 0.5) is 0 Å². The molecule has 1 heterocycles. The van der Waals surface area contributed by atoms with E-state index in [-0.39, 0.29) is 0 Å². The fourth-order valence-corrected chi connectivity index (χ4v) is 2.76. The largest absolute Gasteiger partial charge is 0.248 e. The Hall–Kier alpha value is 0.460. The van der Waals surface area contributed by atoms with E-state index in [0.29, 0.717) is 5.25 Å². The Labute approximate surface area is 90.1 Å². The van der Waals surface area contributed by atoms with Crippen molar-refractivity contribution in [2.24, 2.45) is 0 Å². The zero-order chi connectivity index (χ0) is 8.97. The first-order valence-corrected chi connectivity index (χ1v) is 6.82. The molecule has 0 aromatic carbocycles. The van der Waals surface area contributed by atoms with Gasteiger partial charge < -0.3 is 0 Å². The predicted molar refractivity (Wildman–Crippen MR) is 61.2 cm³/mol. The minimum Gasteiger partial charge on any atom is -0.248 e. The molecule has 12 heavy (non-hydrogen) atoms. The second-order valence-electron chi connectivity index (χ2n) is 2.71. The molecule has 0 amide bonds. The third-order valence-corrected chi connectivity index (χ3v) is 4.54. The number of thioether (sulfide) groups is 1. The van der Waals surface area contributed by atoms with Crippen LogP contribution < -0.4 is 0 Å². The summed E-state index contributed by atoms with van der Waals surface area (Å²) < 4.78 is 0. The highest BCUT2D eigenvalue weighted by molar-refractivity contribution is 9.08. The zero-order valence-corrected chi connectivity index (χ0v) is 10.4. The van der Waals surface area contributed by atoms with Crippen molar-refractivity contribution >= 4 is 39.0 Å². The summed E-state index contributed by atoms with van der Waals surface area (Å²) in [5, 5.41) is 2.86. The first-order valence-electron chi connectivity index (χ1n) is 3.83. The van der Waals surface area contributed by atoms with Gasteiger partial charge in [0.1, 0.15) is 5.01 Å². The first-order chi connectivity index (χ1) is 5.72. The smallest absolute Gasteiger partial charge is 0.103 e. The van der Waals surface area contributed by atoms with Gasteiger partial charge in [-0.05, 0) is 5.25 Å². The molecule has 4 heteroatoms. The Balaban J connectivity index is 2.41. The molecule has 1 aromatic heterocycles. The molecule has 0 saturated heterocycles. The maximum atomic E-state index is 4.33. The van der Waals surface area contributed by atoms with Gasteiger partial charge in [0, 0.05) is 22.2 Å². The van der Waals surface area contributed by atoms with Gasteiger partial charge in [0.2, 0.25) is 0 Å². The van der Waals surface area contributed by atoms with Crippen LogP contribution in [0.1, 0.15) is 23.7 Å². The van der Waals surface area contributed by atoms with E-state index in [9.17, 15) is 0 Å². The Bertz CT molecular complexity index is 235. The lowest BCUT2D eigenvalue weighted by molar-refractivity contribution is 1.10. The molecule has 0 unspecified atom stereocenters. The lowest BCUT2D eigenvalue weighted by Gasteiger charge is -2.00. The molecular formula is C8H12BrNS2. The van der Waals surface area contributed by atoms with Crippen LogP contribution in [0.15, 0.2) is 6.20 Å². The number of thiazole rings is 1. The van der Waals surface area contributed by atoms with Gasteiger partial charge in [0.05, 0.1) is 0 Å². The summed E-state index contributed by atoms with van der Waals surface area (Å²) in [6.07, 6.45) is 1.95. The maximum Gasteiger partial charge on any atom is 0.103 e. The van der Waals surface area contributed by atoms with E-state index in [1.165, 1.54) is 9.88 Å². The second kappa shape index (κ2) is 5.25. The van der Waals surface area contributed by atoms with Crippen LogP contribution in [-0.4, -0.2) is 10.2 Å². The van der Waals surface area contributed by atoms with Crippen LogP contribution >= 0.6 is 39.0 Å². The van der Waals surface area contributed by atoms with Crippen molar-refractivity contribution in [1.82, 2.24) is 4.98 Å². The van der Waals surface area contributed by atoms with Crippen molar-refractivity contribution in [3.63, 3.8) is 0 Å². The minimum atomic E-state index is 0.696. The predicted octanol–water partition coefficient (Wildman–Crippen LogP) is 3.68. The topological polar surface area (TPSA) is 12.9 Å². The third-order valence-electron chi connectivity index (χ3n) is 1.27. The fourth-order valence-electron chi connectivity index (χ4n) is 0.714. The summed E-state index contributed by atoms with van der Waals surface area (Å²) in [6.45, 7) is 4.42. The van der Waals surface area contributed by atoms with Crippen molar-refractivity contribution in [1.29, 1.82) is 0 Å². The van der Waals surface area contributed by atoms with E-state index in [1.54, 1.807) is 11.3 Å². The average molecular weight is 266 g/mol. The number of nitrogens with zero attached hydrogens (tertiary/aromatic N) is 1. The van der Waals surface area contributed by atoms with Crippen molar-refractivity contribution in [2.45, 2.75) is 30.2 Å². The van der Waals surface area contributed by atoms with Gasteiger partial charge in [-0.1, -0.05) is 29.8 Å². The Morgan fingerprint density at radius 2 is 2.42 bits per heavy atom. The van der Waals surface area contributed by atoms with Crippen LogP contribution in [0.3, 0.4) is 0 Å². The van der Waals surface area contributed by atoms with Crippen LogP contribution in [0.25, 0.3) is 0 Å². The molecule has 0 aliphatic rings. The fraction of sp³-hybridized carbons (Fsp3) is 0.625. The molecule has 0 fully saturated rings. The summed E-state index contributed by atoms with van der Waals surface area (Å²) >= 11 is 7.15. The molecule has 1 aromatic rings. The number of alkyl halides is 1. The molecule has 68 valence electrons. The van der Waals surface area contributed by atoms with E-state index in [4.69, 9.17) is 0 Å². The van der Waals surface area contributed by atoms with Gasteiger partial charge in [-0.3, -0.25) is 0 Å². The van der Waals surface area contributed by atoms with Gasteiger partial charge in [0.25, 0.3) is 0 Å².